The Morgan fingerprint density at radius 1 is 1.09 bits per heavy atom. The van der Waals surface area contributed by atoms with Crippen molar-refractivity contribution in [3.05, 3.63) is 59.4 Å². The molecule has 0 aliphatic carbocycles. The first-order chi connectivity index (χ1) is 11.1. The summed E-state index contributed by atoms with van der Waals surface area (Å²) in [5.41, 5.74) is 1.79. The number of ether oxygens (including phenoxy) is 2. The lowest BCUT2D eigenvalue weighted by atomic mass is 10.1. The number of aliphatic hydroxyl groups excluding tert-OH is 1. The number of hydrogen-bond acceptors (Lipinski definition) is 4. The van der Waals surface area contributed by atoms with Crippen LogP contribution in [0.5, 0.6) is 11.5 Å². The van der Waals surface area contributed by atoms with Gasteiger partial charge in [0.05, 0.1) is 26.9 Å². The van der Waals surface area contributed by atoms with Crippen LogP contribution in [0.15, 0.2) is 42.5 Å². The maximum Gasteiger partial charge on any atom is 0.165 e. The Morgan fingerprint density at radius 3 is 2.30 bits per heavy atom. The molecule has 0 amide bonds. The molecule has 0 saturated carbocycles. The highest BCUT2D eigenvalue weighted by Crippen LogP contribution is 2.24. The van der Waals surface area contributed by atoms with Crippen LogP contribution in [0.3, 0.4) is 0 Å². The van der Waals surface area contributed by atoms with Crippen molar-refractivity contribution in [2.45, 2.75) is 12.6 Å². The second-order valence-electron chi connectivity index (χ2n) is 5.36. The maximum absolute atomic E-state index is 13.8. The predicted molar refractivity (Wildman–Crippen MR) is 87.2 cm³/mol. The SMILES string of the molecule is COc1ccc(C(CO)N(C)Cc2ccc(OC)c(F)c2)cc1. The molecule has 0 heterocycles. The van der Waals surface area contributed by atoms with Crippen LogP contribution in [0.4, 0.5) is 4.39 Å². The van der Waals surface area contributed by atoms with E-state index in [9.17, 15) is 9.50 Å². The van der Waals surface area contributed by atoms with Gasteiger partial charge in [0.2, 0.25) is 0 Å². The molecule has 124 valence electrons. The highest BCUT2D eigenvalue weighted by Gasteiger charge is 2.17. The normalized spacial score (nSPS) is 12.3. The summed E-state index contributed by atoms with van der Waals surface area (Å²) >= 11 is 0. The average Bonchev–Trinajstić information content (AvgIpc) is 2.56. The highest BCUT2D eigenvalue weighted by atomic mass is 19.1. The third-order valence-corrected chi connectivity index (χ3v) is 3.85. The van der Waals surface area contributed by atoms with Crippen LogP contribution >= 0.6 is 0 Å². The van der Waals surface area contributed by atoms with Gasteiger partial charge in [-0.05, 0) is 42.4 Å². The maximum atomic E-state index is 13.8. The van der Waals surface area contributed by atoms with Gasteiger partial charge >= 0.3 is 0 Å². The summed E-state index contributed by atoms with van der Waals surface area (Å²) in [7, 11) is 4.95. The zero-order valence-corrected chi connectivity index (χ0v) is 13.6. The quantitative estimate of drug-likeness (QED) is 0.852. The summed E-state index contributed by atoms with van der Waals surface area (Å²) in [5.74, 6) is 0.610. The van der Waals surface area contributed by atoms with Crippen molar-refractivity contribution in [1.82, 2.24) is 4.90 Å². The van der Waals surface area contributed by atoms with E-state index in [0.717, 1.165) is 16.9 Å². The first-order valence-electron chi connectivity index (χ1n) is 7.36. The number of hydrogen-bond donors (Lipinski definition) is 1. The van der Waals surface area contributed by atoms with Gasteiger partial charge in [-0.3, -0.25) is 4.90 Å². The topological polar surface area (TPSA) is 41.9 Å². The number of methoxy groups -OCH3 is 2. The smallest absolute Gasteiger partial charge is 0.165 e. The zero-order chi connectivity index (χ0) is 16.8. The van der Waals surface area contributed by atoms with Gasteiger partial charge in [-0.2, -0.15) is 0 Å². The Morgan fingerprint density at radius 2 is 1.78 bits per heavy atom. The van der Waals surface area contributed by atoms with Crippen LogP contribution in [0.25, 0.3) is 0 Å². The fourth-order valence-electron chi connectivity index (χ4n) is 2.53. The molecule has 1 atom stereocenters. The number of aliphatic hydroxyl groups is 1. The molecule has 2 aromatic rings. The molecule has 0 aliphatic rings. The molecule has 0 saturated heterocycles. The number of benzene rings is 2. The number of halogens is 1. The molecule has 1 N–H and O–H groups in total. The monoisotopic (exact) mass is 319 g/mol. The fraction of sp³-hybridized carbons (Fsp3) is 0.333. The van der Waals surface area contributed by atoms with E-state index in [0.29, 0.717) is 6.54 Å². The van der Waals surface area contributed by atoms with Gasteiger partial charge in [0.1, 0.15) is 5.75 Å². The molecule has 0 spiro atoms. The lowest BCUT2D eigenvalue weighted by Gasteiger charge is -2.27. The van der Waals surface area contributed by atoms with Gasteiger partial charge in [0.25, 0.3) is 0 Å². The minimum atomic E-state index is -0.386. The summed E-state index contributed by atoms with van der Waals surface area (Å²) in [6, 6.07) is 12.3. The Labute approximate surface area is 136 Å². The van der Waals surface area contributed by atoms with Crippen LogP contribution in [-0.4, -0.2) is 37.9 Å². The van der Waals surface area contributed by atoms with Crippen LogP contribution in [-0.2, 0) is 6.54 Å². The predicted octanol–water partition coefficient (Wildman–Crippen LogP) is 3.01. The van der Waals surface area contributed by atoms with E-state index in [1.165, 1.54) is 13.2 Å². The van der Waals surface area contributed by atoms with Gasteiger partial charge in [-0.1, -0.05) is 18.2 Å². The lowest BCUT2D eigenvalue weighted by molar-refractivity contribution is 0.142. The third-order valence-electron chi connectivity index (χ3n) is 3.85. The molecule has 5 heteroatoms. The first kappa shape index (κ1) is 17.2. The second-order valence-corrected chi connectivity index (χ2v) is 5.36. The van der Waals surface area contributed by atoms with Gasteiger partial charge in [0.15, 0.2) is 11.6 Å². The van der Waals surface area contributed by atoms with Gasteiger partial charge in [-0.15, -0.1) is 0 Å². The molecule has 4 nitrogen and oxygen atoms in total. The van der Waals surface area contributed by atoms with Crippen LogP contribution in [0, 0.1) is 5.82 Å². The number of nitrogens with zero attached hydrogens (tertiary/aromatic N) is 1. The average molecular weight is 319 g/mol. The number of rotatable bonds is 7. The van der Waals surface area contributed by atoms with Crippen molar-refractivity contribution in [3.63, 3.8) is 0 Å². The van der Waals surface area contributed by atoms with Crippen molar-refractivity contribution in [2.24, 2.45) is 0 Å². The van der Waals surface area contributed by atoms with Crippen molar-refractivity contribution in [3.8, 4) is 11.5 Å². The summed E-state index contributed by atoms with van der Waals surface area (Å²) < 4.78 is 23.9. The Balaban J connectivity index is 2.12. The molecule has 2 aromatic carbocycles. The van der Waals surface area contributed by atoms with Crippen molar-refractivity contribution >= 4 is 0 Å². The van der Waals surface area contributed by atoms with Crippen LogP contribution < -0.4 is 9.47 Å². The lowest BCUT2D eigenvalue weighted by Crippen LogP contribution is -2.27. The summed E-state index contributed by atoms with van der Waals surface area (Å²) in [5, 5.41) is 9.72. The summed E-state index contributed by atoms with van der Waals surface area (Å²) in [6.07, 6.45) is 0. The van der Waals surface area contributed by atoms with E-state index in [1.54, 1.807) is 13.2 Å². The standard InChI is InChI=1S/C18H22FNO3/c1-20(11-13-4-9-18(23-3)16(19)10-13)17(12-21)14-5-7-15(22-2)8-6-14/h4-10,17,21H,11-12H2,1-3H3. The van der Waals surface area contributed by atoms with Gasteiger partial charge < -0.3 is 14.6 Å². The van der Waals surface area contributed by atoms with Crippen LogP contribution in [0.2, 0.25) is 0 Å². The van der Waals surface area contributed by atoms with E-state index < -0.39 is 0 Å². The molecule has 0 aromatic heterocycles. The fourth-order valence-corrected chi connectivity index (χ4v) is 2.53. The Bertz CT molecular complexity index is 631. The van der Waals surface area contributed by atoms with E-state index >= 15 is 0 Å². The molecular formula is C18H22FNO3. The largest absolute Gasteiger partial charge is 0.497 e. The van der Waals surface area contributed by atoms with Gasteiger partial charge in [-0.25, -0.2) is 4.39 Å². The van der Waals surface area contributed by atoms with Crippen molar-refractivity contribution in [1.29, 1.82) is 0 Å². The number of likely N-dealkylation sites (N-methyl/N-ethyl adjacent to an activating group) is 1. The van der Waals surface area contributed by atoms with E-state index in [4.69, 9.17) is 9.47 Å². The zero-order valence-electron chi connectivity index (χ0n) is 13.6. The van der Waals surface area contributed by atoms with E-state index in [2.05, 4.69) is 0 Å². The molecule has 1 unspecified atom stereocenters. The molecule has 23 heavy (non-hydrogen) atoms. The molecule has 0 fully saturated rings. The highest BCUT2D eigenvalue weighted by molar-refractivity contribution is 5.31. The van der Waals surface area contributed by atoms with E-state index in [1.807, 2.05) is 42.3 Å². The minimum Gasteiger partial charge on any atom is -0.497 e. The molecule has 2 rings (SSSR count). The van der Waals surface area contributed by atoms with Crippen LogP contribution in [0.1, 0.15) is 17.2 Å². The first-order valence-corrected chi connectivity index (χ1v) is 7.36. The van der Waals surface area contributed by atoms with Crippen molar-refractivity contribution < 1.29 is 19.0 Å². The van der Waals surface area contributed by atoms with Crippen molar-refractivity contribution in [2.75, 3.05) is 27.9 Å². The second kappa shape index (κ2) is 7.94. The summed E-state index contributed by atoms with van der Waals surface area (Å²) in [4.78, 5) is 1.98. The van der Waals surface area contributed by atoms with E-state index in [-0.39, 0.29) is 24.2 Å². The molecular weight excluding hydrogens is 297 g/mol. The Kier molecular flexibility index (Phi) is 5.96. The third kappa shape index (κ3) is 4.21. The molecule has 0 radical (unpaired) electrons. The Hall–Kier alpha value is -2.11. The molecule has 0 bridgehead atoms. The minimum absolute atomic E-state index is 0.0263. The summed E-state index contributed by atoms with van der Waals surface area (Å²) in [6.45, 7) is 0.486. The van der Waals surface area contributed by atoms with Gasteiger partial charge in [0, 0.05) is 6.54 Å². The molecule has 0 aliphatic heterocycles.